The van der Waals surface area contributed by atoms with Crippen LogP contribution in [-0.2, 0) is 14.3 Å². The molecule has 1 unspecified atom stereocenters. The molecule has 2 N–H and O–H groups in total. The molecule has 2 fully saturated rings. The first-order chi connectivity index (χ1) is 11.1. The Bertz CT molecular complexity index is 395. The third-order valence-corrected chi connectivity index (χ3v) is 5.04. The highest BCUT2D eigenvalue weighted by Gasteiger charge is 2.38. The van der Waals surface area contributed by atoms with E-state index in [9.17, 15) is 9.59 Å². The Morgan fingerprint density at radius 1 is 1.22 bits per heavy atom. The van der Waals surface area contributed by atoms with Gasteiger partial charge in [0.1, 0.15) is 0 Å². The zero-order valence-electron chi connectivity index (χ0n) is 14.5. The summed E-state index contributed by atoms with van der Waals surface area (Å²) in [4.78, 5) is 26.4. The number of carbonyl (C=O) groups is 2. The predicted octanol–water partition coefficient (Wildman–Crippen LogP) is 0.766. The van der Waals surface area contributed by atoms with Crippen molar-refractivity contribution in [3.05, 3.63) is 0 Å². The highest BCUT2D eigenvalue weighted by molar-refractivity contribution is 5.89. The number of carbonyl (C=O) groups excluding carboxylic acids is 2. The Labute approximate surface area is 139 Å². The van der Waals surface area contributed by atoms with Crippen LogP contribution < -0.4 is 10.6 Å². The SMILES string of the molecule is COCCNCCNC(=O)C1CC(=O)N(C2CCC(C)CC2)C1. The summed E-state index contributed by atoms with van der Waals surface area (Å²) in [7, 11) is 1.67. The molecule has 6 nitrogen and oxygen atoms in total. The number of rotatable bonds is 8. The largest absolute Gasteiger partial charge is 0.383 e. The Morgan fingerprint density at radius 3 is 2.65 bits per heavy atom. The number of nitrogens with one attached hydrogen (secondary N) is 2. The van der Waals surface area contributed by atoms with Crippen LogP contribution in [0.5, 0.6) is 0 Å². The van der Waals surface area contributed by atoms with Crippen LogP contribution in [0.4, 0.5) is 0 Å². The van der Waals surface area contributed by atoms with Crippen molar-refractivity contribution in [3.8, 4) is 0 Å². The van der Waals surface area contributed by atoms with Gasteiger partial charge in [-0.1, -0.05) is 6.92 Å². The molecule has 0 aromatic carbocycles. The van der Waals surface area contributed by atoms with E-state index in [-0.39, 0.29) is 17.7 Å². The Morgan fingerprint density at radius 2 is 1.96 bits per heavy atom. The van der Waals surface area contributed by atoms with E-state index in [0.717, 1.165) is 31.8 Å². The van der Waals surface area contributed by atoms with Crippen molar-refractivity contribution >= 4 is 11.8 Å². The molecule has 0 spiro atoms. The first kappa shape index (κ1) is 18.2. The fourth-order valence-electron chi connectivity index (χ4n) is 3.53. The van der Waals surface area contributed by atoms with Gasteiger partial charge in [0.15, 0.2) is 0 Å². The lowest BCUT2D eigenvalue weighted by Crippen LogP contribution is -2.41. The summed E-state index contributed by atoms with van der Waals surface area (Å²) in [6.45, 7) is 5.64. The molecule has 1 atom stereocenters. The van der Waals surface area contributed by atoms with E-state index in [4.69, 9.17) is 4.74 Å². The Balaban J connectivity index is 1.68. The van der Waals surface area contributed by atoms with Crippen molar-refractivity contribution in [1.29, 1.82) is 0 Å². The molecule has 0 bridgehead atoms. The van der Waals surface area contributed by atoms with Crippen molar-refractivity contribution in [2.75, 3.05) is 39.9 Å². The number of hydrogen-bond donors (Lipinski definition) is 2. The predicted molar refractivity (Wildman–Crippen MR) is 89.0 cm³/mol. The van der Waals surface area contributed by atoms with Crippen molar-refractivity contribution in [1.82, 2.24) is 15.5 Å². The van der Waals surface area contributed by atoms with E-state index in [1.54, 1.807) is 7.11 Å². The summed E-state index contributed by atoms with van der Waals surface area (Å²) in [5.41, 5.74) is 0. The second-order valence-electron chi connectivity index (χ2n) is 6.89. The van der Waals surface area contributed by atoms with Gasteiger partial charge in [0, 0.05) is 45.8 Å². The van der Waals surface area contributed by atoms with Crippen LogP contribution in [0.25, 0.3) is 0 Å². The second-order valence-corrected chi connectivity index (χ2v) is 6.89. The van der Waals surface area contributed by atoms with Crippen molar-refractivity contribution < 1.29 is 14.3 Å². The van der Waals surface area contributed by atoms with Gasteiger partial charge in [0.05, 0.1) is 12.5 Å². The zero-order chi connectivity index (χ0) is 16.7. The first-order valence-electron chi connectivity index (χ1n) is 8.88. The average Bonchev–Trinajstić information content (AvgIpc) is 2.93. The standard InChI is InChI=1S/C17H31N3O3/c1-13-3-5-15(6-4-13)20-12-14(11-16(20)21)17(22)19-8-7-18-9-10-23-2/h13-15,18H,3-12H2,1-2H3,(H,19,22). The maximum atomic E-state index is 12.2. The molecule has 1 saturated heterocycles. The average molecular weight is 325 g/mol. The van der Waals surface area contributed by atoms with Crippen LogP contribution >= 0.6 is 0 Å². The van der Waals surface area contributed by atoms with Crippen LogP contribution in [0.2, 0.25) is 0 Å². The van der Waals surface area contributed by atoms with Gasteiger partial charge in [-0.25, -0.2) is 0 Å². The van der Waals surface area contributed by atoms with Gasteiger partial charge in [-0.3, -0.25) is 9.59 Å². The minimum absolute atomic E-state index is 0.0126. The third-order valence-electron chi connectivity index (χ3n) is 5.04. The topological polar surface area (TPSA) is 70.7 Å². The van der Waals surface area contributed by atoms with E-state index in [2.05, 4.69) is 17.6 Å². The van der Waals surface area contributed by atoms with Gasteiger partial charge in [-0.05, 0) is 31.6 Å². The molecule has 1 aliphatic heterocycles. The van der Waals surface area contributed by atoms with Crippen molar-refractivity contribution in [2.24, 2.45) is 11.8 Å². The van der Waals surface area contributed by atoms with Crippen molar-refractivity contribution in [3.63, 3.8) is 0 Å². The van der Waals surface area contributed by atoms with Crippen LogP contribution in [-0.4, -0.2) is 62.7 Å². The summed E-state index contributed by atoms with van der Waals surface area (Å²) in [5.74, 6) is 0.760. The molecule has 6 heteroatoms. The molecule has 1 heterocycles. The molecular weight excluding hydrogens is 294 g/mol. The molecule has 0 aromatic heterocycles. The minimum atomic E-state index is -0.180. The zero-order valence-corrected chi connectivity index (χ0v) is 14.5. The van der Waals surface area contributed by atoms with E-state index in [1.165, 1.54) is 12.8 Å². The van der Waals surface area contributed by atoms with Crippen LogP contribution in [0.15, 0.2) is 0 Å². The Kier molecular flexibility index (Phi) is 7.30. The Hall–Kier alpha value is -1.14. The molecule has 23 heavy (non-hydrogen) atoms. The highest BCUT2D eigenvalue weighted by atomic mass is 16.5. The maximum Gasteiger partial charge on any atom is 0.225 e. The normalized spacial score (nSPS) is 28.2. The quantitative estimate of drug-likeness (QED) is 0.647. The van der Waals surface area contributed by atoms with E-state index in [0.29, 0.717) is 32.2 Å². The molecule has 1 saturated carbocycles. The number of likely N-dealkylation sites (tertiary alicyclic amines) is 1. The van der Waals surface area contributed by atoms with Gasteiger partial charge in [0.2, 0.25) is 11.8 Å². The highest BCUT2D eigenvalue weighted by Crippen LogP contribution is 2.31. The molecule has 2 amide bonds. The molecule has 132 valence electrons. The lowest BCUT2D eigenvalue weighted by molar-refractivity contribution is -0.130. The fourth-order valence-corrected chi connectivity index (χ4v) is 3.53. The smallest absolute Gasteiger partial charge is 0.225 e. The van der Waals surface area contributed by atoms with Gasteiger partial charge >= 0.3 is 0 Å². The van der Waals surface area contributed by atoms with Gasteiger partial charge in [-0.2, -0.15) is 0 Å². The van der Waals surface area contributed by atoms with E-state index in [1.807, 2.05) is 4.90 Å². The minimum Gasteiger partial charge on any atom is -0.383 e. The molecule has 0 aromatic rings. The second kappa shape index (κ2) is 9.23. The lowest BCUT2D eigenvalue weighted by Gasteiger charge is -2.33. The number of ether oxygens (including phenoxy) is 1. The summed E-state index contributed by atoms with van der Waals surface area (Å²) < 4.78 is 4.95. The molecule has 2 aliphatic rings. The summed E-state index contributed by atoms with van der Waals surface area (Å²) in [5, 5.41) is 6.12. The van der Waals surface area contributed by atoms with Crippen LogP contribution in [0.3, 0.4) is 0 Å². The maximum absolute atomic E-state index is 12.2. The number of amides is 2. The summed E-state index contributed by atoms with van der Waals surface area (Å²) >= 11 is 0. The van der Waals surface area contributed by atoms with Gasteiger partial charge < -0.3 is 20.3 Å². The molecule has 1 aliphatic carbocycles. The first-order valence-corrected chi connectivity index (χ1v) is 8.88. The fraction of sp³-hybridized carbons (Fsp3) is 0.882. The number of hydrogen-bond acceptors (Lipinski definition) is 4. The van der Waals surface area contributed by atoms with Crippen LogP contribution in [0, 0.1) is 11.8 Å². The van der Waals surface area contributed by atoms with Crippen molar-refractivity contribution in [2.45, 2.75) is 45.1 Å². The number of nitrogens with zero attached hydrogens (tertiary/aromatic N) is 1. The summed E-state index contributed by atoms with van der Waals surface area (Å²) in [6, 6.07) is 0.354. The number of methoxy groups -OCH3 is 1. The molecular formula is C17H31N3O3. The van der Waals surface area contributed by atoms with E-state index < -0.39 is 0 Å². The monoisotopic (exact) mass is 325 g/mol. The molecule has 0 radical (unpaired) electrons. The summed E-state index contributed by atoms with van der Waals surface area (Å²) in [6.07, 6.45) is 4.93. The van der Waals surface area contributed by atoms with E-state index >= 15 is 0 Å². The molecule has 2 rings (SSSR count). The van der Waals surface area contributed by atoms with Gasteiger partial charge in [-0.15, -0.1) is 0 Å². The van der Waals surface area contributed by atoms with Gasteiger partial charge in [0.25, 0.3) is 0 Å². The van der Waals surface area contributed by atoms with Crippen LogP contribution in [0.1, 0.15) is 39.0 Å². The lowest BCUT2D eigenvalue weighted by atomic mass is 9.87. The third kappa shape index (κ3) is 5.46.